The monoisotopic (exact) mass is 296 g/mol. The molecule has 4 heteroatoms. The normalized spacial score (nSPS) is 15.8. The van der Waals surface area contributed by atoms with Crippen LogP contribution < -0.4 is 16.0 Å². The topological polar surface area (TPSA) is 44.5 Å². The van der Waals surface area contributed by atoms with Crippen molar-refractivity contribution in [3.05, 3.63) is 54.1 Å². The molecule has 0 bridgehead atoms. The van der Waals surface area contributed by atoms with Crippen LogP contribution in [0.1, 0.15) is 5.56 Å². The maximum absolute atomic E-state index is 5.97. The summed E-state index contributed by atoms with van der Waals surface area (Å²) in [4.78, 5) is 4.82. The van der Waals surface area contributed by atoms with Crippen LogP contribution in [0.4, 0.5) is 17.1 Å². The molecule has 0 spiro atoms. The molecule has 22 heavy (non-hydrogen) atoms. The van der Waals surface area contributed by atoms with E-state index in [4.69, 9.17) is 5.73 Å². The maximum Gasteiger partial charge on any atom is 0.0421 e. The number of rotatable bonds is 4. The summed E-state index contributed by atoms with van der Waals surface area (Å²) < 4.78 is 0. The van der Waals surface area contributed by atoms with Crippen molar-refractivity contribution in [3.8, 4) is 0 Å². The Kier molecular flexibility index (Phi) is 4.49. The predicted molar refractivity (Wildman–Crippen MR) is 94.3 cm³/mol. The number of benzene rings is 2. The first-order valence-corrected chi connectivity index (χ1v) is 7.83. The fraction of sp³-hybridized carbons (Fsp3) is 0.333. The number of likely N-dealkylation sites (N-methyl/N-ethyl adjacent to an activating group) is 1. The van der Waals surface area contributed by atoms with Crippen LogP contribution >= 0.6 is 0 Å². The van der Waals surface area contributed by atoms with Gasteiger partial charge in [-0.25, -0.2) is 0 Å². The van der Waals surface area contributed by atoms with E-state index in [1.807, 2.05) is 18.2 Å². The number of hydrogen-bond donors (Lipinski definition) is 2. The Labute approximate surface area is 132 Å². The van der Waals surface area contributed by atoms with Gasteiger partial charge in [-0.05, 0) is 42.9 Å². The molecule has 1 aliphatic heterocycles. The Balaban J connectivity index is 1.59. The van der Waals surface area contributed by atoms with E-state index in [0.29, 0.717) is 0 Å². The molecule has 116 valence electrons. The molecule has 0 amide bonds. The highest BCUT2D eigenvalue weighted by Gasteiger charge is 2.13. The first-order chi connectivity index (χ1) is 10.7. The number of hydrogen-bond acceptors (Lipinski definition) is 4. The van der Waals surface area contributed by atoms with E-state index in [9.17, 15) is 0 Å². The minimum absolute atomic E-state index is 0.751. The molecule has 0 unspecified atom stereocenters. The number of nitrogen functional groups attached to an aromatic ring is 1. The molecular formula is C18H24N4. The van der Waals surface area contributed by atoms with Crippen LogP contribution in [0.2, 0.25) is 0 Å². The van der Waals surface area contributed by atoms with Crippen molar-refractivity contribution in [3.63, 3.8) is 0 Å². The molecule has 0 aromatic heterocycles. The fourth-order valence-corrected chi connectivity index (χ4v) is 2.75. The van der Waals surface area contributed by atoms with Crippen LogP contribution in [0.15, 0.2) is 48.5 Å². The average molecular weight is 296 g/mol. The van der Waals surface area contributed by atoms with E-state index < -0.39 is 0 Å². The zero-order valence-electron chi connectivity index (χ0n) is 13.1. The highest BCUT2D eigenvalue weighted by atomic mass is 15.2. The summed E-state index contributed by atoms with van der Waals surface area (Å²) in [5.41, 5.74) is 10.4. The highest BCUT2D eigenvalue weighted by molar-refractivity contribution is 5.56. The van der Waals surface area contributed by atoms with Crippen molar-refractivity contribution in [2.45, 2.75) is 6.54 Å². The summed E-state index contributed by atoms with van der Waals surface area (Å²) in [6.07, 6.45) is 0. The standard InChI is InChI=1S/C18H24N4/c1-21-10-12-22(13-11-21)17-8-6-16(7-9-17)20-14-15-4-2-3-5-18(15)19/h2-9,20H,10-14,19H2,1H3. The summed E-state index contributed by atoms with van der Waals surface area (Å²) >= 11 is 0. The van der Waals surface area contributed by atoms with Crippen LogP contribution in [-0.2, 0) is 6.54 Å². The molecule has 4 nitrogen and oxygen atoms in total. The Morgan fingerprint density at radius 3 is 2.32 bits per heavy atom. The third-order valence-corrected chi connectivity index (χ3v) is 4.27. The number of anilines is 3. The molecule has 0 atom stereocenters. The van der Waals surface area contributed by atoms with Gasteiger partial charge in [0.2, 0.25) is 0 Å². The van der Waals surface area contributed by atoms with E-state index in [-0.39, 0.29) is 0 Å². The summed E-state index contributed by atoms with van der Waals surface area (Å²) in [6.45, 7) is 5.22. The van der Waals surface area contributed by atoms with Gasteiger partial charge in [-0.3, -0.25) is 0 Å². The number of nitrogens with one attached hydrogen (secondary N) is 1. The van der Waals surface area contributed by atoms with Gasteiger partial charge >= 0.3 is 0 Å². The minimum Gasteiger partial charge on any atom is -0.398 e. The van der Waals surface area contributed by atoms with E-state index in [0.717, 1.165) is 49.7 Å². The van der Waals surface area contributed by atoms with Gasteiger partial charge in [-0.1, -0.05) is 18.2 Å². The highest BCUT2D eigenvalue weighted by Crippen LogP contribution is 2.20. The largest absolute Gasteiger partial charge is 0.398 e. The second kappa shape index (κ2) is 6.71. The zero-order valence-corrected chi connectivity index (χ0v) is 13.1. The first-order valence-electron chi connectivity index (χ1n) is 7.83. The smallest absolute Gasteiger partial charge is 0.0421 e. The van der Waals surface area contributed by atoms with Gasteiger partial charge in [-0.15, -0.1) is 0 Å². The fourth-order valence-electron chi connectivity index (χ4n) is 2.75. The molecule has 0 aliphatic carbocycles. The van der Waals surface area contributed by atoms with E-state index >= 15 is 0 Å². The van der Waals surface area contributed by atoms with Crippen molar-refractivity contribution in [2.24, 2.45) is 0 Å². The average Bonchev–Trinajstić information content (AvgIpc) is 2.55. The minimum atomic E-state index is 0.751. The quantitative estimate of drug-likeness (QED) is 0.851. The van der Waals surface area contributed by atoms with Gasteiger partial charge < -0.3 is 20.9 Å². The summed E-state index contributed by atoms with van der Waals surface area (Å²) in [5.74, 6) is 0. The molecule has 1 saturated heterocycles. The van der Waals surface area contributed by atoms with Crippen molar-refractivity contribution < 1.29 is 0 Å². The lowest BCUT2D eigenvalue weighted by Crippen LogP contribution is -2.44. The van der Waals surface area contributed by atoms with E-state index in [2.05, 4.69) is 52.5 Å². The maximum atomic E-state index is 5.97. The van der Waals surface area contributed by atoms with Gasteiger partial charge in [0.05, 0.1) is 0 Å². The Bertz CT molecular complexity index is 601. The van der Waals surface area contributed by atoms with Crippen molar-refractivity contribution in [1.82, 2.24) is 4.90 Å². The predicted octanol–water partition coefficient (Wildman–Crippen LogP) is 2.63. The first kappa shape index (κ1) is 14.7. The Morgan fingerprint density at radius 1 is 0.955 bits per heavy atom. The van der Waals surface area contributed by atoms with Crippen LogP contribution in [0.25, 0.3) is 0 Å². The molecule has 0 radical (unpaired) electrons. The number of piperazine rings is 1. The Morgan fingerprint density at radius 2 is 1.64 bits per heavy atom. The molecule has 0 saturated carbocycles. The number of para-hydroxylation sites is 1. The summed E-state index contributed by atoms with van der Waals surface area (Å²) in [5, 5.41) is 3.43. The second-order valence-electron chi connectivity index (χ2n) is 5.89. The Hall–Kier alpha value is -2.20. The SMILES string of the molecule is CN1CCN(c2ccc(NCc3ccccc3N)cc2)CC1. The number of nitrogens with zero attached hydrogens (tertiary/aromatic N) is 2. The molecule has 1 heterocycles. The third kappa shape index (κ3) is 3.52. The zero-order chi connectivity index (χ0) is 15.4. The van der Waals surface area contributed by atoms with Crippen LogP contribution in [-0.4, -0.2) is 38.1 Å². The molecule has 2 aromatic rings. The second-order valence-corrected chi connectivity index (χ2v) is 5.89. The van der Waals surface area contributed by atoms with Crippen LogP contribution in [0.5, 0.6) is 0 Å². The van der Waals surface area contributed by atoms with Gasteiger partial charge in [0.25, 0.3) is 0 Å². The third-order valence-electron chi connectivity index (χ3n) is 4.27. The summed E-state index contributed by atoms with van der Waals surface area (Å²) in [7, 11) is 2.18. The lowest BCUT2D eigenvalue weighted by molar-refractivity contribution is 0.313. The molecule has 1 aliphatic rings. The lowest BCUT2D eigenvalue weighted by atomic mass is 10.1. The molecule has 1 fully saturated rings. The van der Waals surface area contributed by atoms with Crippen LogP contribution in [0, 0.1) is 0 Å². The van der Waals surface area contributed by atoms with Crippen LogP contribution in [0.3, 0.4) is 0 Å². The lowest BCUT2D eigenvalue weighted by Gasteiger charge is -2.34. The molecular weight excluding hydrogens is 272 g/mol. The van der Waals surface area contributed by atoms with Crippen molar-refractivity contribution in [2.75, 3.05) is 49.2 Å². The van der Waals surface area contributed by atoms with Crippen molar-refractivity contribution in [1.29, 1.82) is 0 Å². The van der Waals surface area contributed by atoms with E-state index in [1.165, 1.54) is 5.69 Å². The molecule has 3 N–H and O–H groups in total. The van der Waals surface area contributed by atoms with Gasteiger partial charge in [0.1, 0.15) is 0 Å². The summed E-state index contributed by atoms with van der Waals surface area (Å²) in [6, 6.07) is 16.7. The molecule has 3 rings (SSSR count). The molecule has 2 aromatic carbocycles. The van der Waals surface area contributed by atoms with E-state index in [1.54, 1.807) is 0 Å². The van der Waals surface area contributed by atoms with Crippen molar-refractivity contribution >= 4 is 17.1 Å². The van der Waals surface area contributed by atoms with Gasteiger partial charge in [0.15, 0.2) is 0 Å². The van der Waals surface area contributed by atoms with Gasteiger partial charge in [-0.2, -0.15) is 0 Å². The number of nitrogens with two attached hydrogens (primary N) is 1. The van der Waals surface area contributed by atoms with Gasteiger partial charge in [0, 0.05) is 49.8 Å².